The average Bonchev–Trinajstić information content (AvgIpc) is 3.67. The van der Waals surface area contributed by atoms with E-state index in [-0.39, 0.29) is 0 Å². The van der Waals surface area contributed by atoms with Crippen LogP contribution in [-0.4, -0.2) is 15.0 Å². The van der Waals surface area contributed by atoms with Gasteiger partial charge in [0.1, 0.15) is 11.2 Å². The van der Waals surface area contributed by atoms with E-state index in [0.29, 0.717) is 17.5 Å². The van der Waals surface area contributed by atoms with Crippen molar-refractivity contribution in [3.8, 4) is 45.3 Å². The third kappa shape index (κ3) is 4.02. The van der Waals surface area contributed by atoms with E-state index in [2.05, 4.69) is 91.0 Å². The van der Waals surface area contributed by atoms with Gasteiger partial charge < -0.3 is 4.42 Å². The van der Waals surface area contributed by atoms with E-state index >= 15 is 0 Å². The molecule has 206 valence electrons. The molecule has 5 heteroatoms. The summed E-state index contributed by atoms with van der Waals surface area (Å²) in [5.74, 6) is 1.90. The van der Waals surface area contributed by atoms with E-state index in [1.807, 2.05) is 48.5 Å². The quantitative estimate of drug-likeness (QED) is 0.207. The summed E-state index contributed by atoms with van der Waals surface area (Å²) in [4.78, 5) is 15.4. The molecule has 3 heterocycles. The van der Waals surface area contributed by atoms with E-state index in [1.165, 1.54) is 20.2 Å². The zero-order valence-electron chi connectivity index (χ0n) is 23.4. The van der Waals surface area contributed by atoms with Crippen LogP contribution in [0.5, 0.6) is 0 Å². The van der Waals surface area contributed by atoms with Crippen molar-refractivity contribution >= 4 is 53.4 Å². The number of rotatable bonds is 4. The van der Waals surface area contributed by atoms with Gasteiger partial charge >= 0.3 is 0 Å². The van der Waals surface area contributed by atoms with E-state index in [1.54, 1.807) is 11.3 Å². The molecule has 0 saturated heterocycles. The lowest BCUT2D eigenvalue weighted by Crippen LogP contribution is -2.00. The molecule has 0 bridgehead atoms. The lowest BCUT2D eigenvalue weighted by Gasteiger charge is -2.10. The average molecular weight is 582 g/mol. The molecule has 3 aromatic heterocycles. The van der Waals surface area contributed by atoms with Crippen LogP contribution in [0.4, 0.5) is 0 Å². The number of furan rings is 1. The topological polar surface area (TPSA) is 51.8 Å². The highest BCUT2D eigenvalue weighted by Crippen LogP contribution is 2.41. The van der Waals surface area contributed by atoms with Gasteiger partial charge in [-0.3, -0.25) is 0 Å². The van der Waals surface area contributed by atoms with Gasteiger partial charge in [-0.1, -0.05) is 109 Å². The van der Waals surface area contributed by atoms with Gasteiger partial charge in [0, 0.05) is 47.6 Å². The summed E-state index contributed by atoms with van der Waals surface area (Å²) >= 11 is 1.79. The highest BCUT2D eigenvalue weighted by molar-refractivity contribution is 7.25. The van der Waals surface area contributed by atoms with Crippen molar-refractivity contribution in [3.63, 3.8) is 0 Å². The van der Waals surface area contributed by atoms with Crippen molar-refractivity contribution < 1.29 is 4.42 Å². The maximum absolute atomic E-state index is 6.36. The molecular weight excluding hydrogens is 559 g/mol. The number of benzene rings is 6. The van der Waals surface area contributed by atoms with Crippen molar-refractivity contribution in [2.45, 2.75) is 0 Å². The lowest BCUT2D eigenvalue weighted by atomic mass is 10.0. The zero-order chi connectivity index (χ0) is 29.0. The molecule has 0 aliphatic heterocycles. The van der Waals surface area contributed by atoms with Crippen LogP contribution in [0.1, 0.15) is 0 Å². The van der Waals surface area contributed by atoms with E-state index < -0.39 is 0 Å². The number of aromatic nitrogens is 3. The molecule has 0 spiro atoms. The lowest BCUT2D eigenvalue weighted by molar-refractivity contribution is 0.669. The Hall–Kier alpha value is -5.65. The highest BCUT2D eigenvalue weighted by Gasteiger charge is 2.20. The molecule has 9 rings (SSSR count). The van der Waals surface area contributed by atoms with Crippen molar-refractivity contribution in [1.82, 2.24) is 15.0 Å². The van der Waals surface area contributed by atoms with Crippen LogP contribution in [0.3, 0.4) is 0 Å². The van der Waals surface area contributed by atoms with E-state index in [0.717, 1.165) is 49.8 Å². The molecule has 0 aliphatic carbocycles. The summed E-state index contributed by atoms with van der Waals surface area (Å²) < 4.78 is 8.82. The molecule has 0 atom stereocenters. The number of nitrogens with zero attached hydrogens (tertiary/aromatic N) is 3. The number of fused-ring (bicyclic) bond motifs is 6. The number of hydrogen-bond acceptors (Lipinski definition) is 5. The molecule has 44 heavy (non-hydrogen) atoms. The third-order valence-electron chi connectivity index (χ3n) is 8.15. The second-order valence-electron chi connectivity index (χ2n) is 10.8. The first-order chi connectivity index (χ1) is 21.8. The Balaban J connectivity index is 1.33. The first-order valence-electron chi connectivity index (χ1n) is 14.5. The smallest absolute Gasteiger partial charge is 0.164 e. The first-order valence-corrected chi connectivity index (χ1v) is 15.3. The number of hydrogen-bond donors (Lipinski definition) is 0. The van der Waals surface area contributed by atoms with Gasteiger partial charge in [-0.05, 0) is 41.5 Å². The highest BCUT2D eigenvalue weighted by atomic mass is 32.1. The Morgan fingerprint density at radius 3 is 1.84 bits per heavy atom. The van der Waals surface area contributed by atoms with E-state index in [4.69, 9.17) is 19.4 Å². The zero-order valence-corrected chi connectivity index (χ0v) is 24.3. The predicted octanol–water partition coefficient (Wildman–Crippen LogP) is 10.8. The Bertz CT molecular complexity index is 2500. The fourth-order valence-electron chi connectivity index (χ4n) is 6.12. The summed E-state index contributed by atoms with van der Waals surface area (Å²) in [6, 6.07) is 47.9. The molecule has 0 radical (unpaired) electrons. The minimum absolute atomic E-state index is 0.615. The van der Waals surface area contributed by atoms with Gasteiger partial charge in [0.05, 0.1) is 0 Å². The largest absolute Gasteiger partial charge is 0.456 e. The van der Waals surface area contributed by atoms with Gasteiger partial charge in [0.2, 0.25) is 0 Å². The van der Waals surface area contributed by atoms with Crippen molar-refractivity contribution in [2.75, 3.05) is 0 Å². The summed E-state index contributed by atoms with van der Waals surface area (Å²) in [6.45, 7) is 0. The minimum atomic E-state index is 0.615. The first kappa shape index (κ1) is 24.9. The molecule has 9 aromatic rings. The summed E-state index contributed by atoms with van der Waals surface area (Å²) in [6.07, 6.45) is 0. The summed E-state index contributed by atoms with van der Waals surface area (Å²) in [5.41, 5.74) is 6.77. The molecule has 4 nitrogen and oxygen atoms in total. The van der Waals surface area contributed by atoms with Gasteiger partial charge in [-0.25, -0.2) is 15.0 Å². The molecule has 0 fully saturated rings. The Labute approximate surface area is 256 Å². The Kier molecular flexibility index (Phi) is 5.64. The van der Waals surface area contributed by atoms with Crippen molar-refractivity contribution in [1.29, 1.82) is 0 Å². The molecule has 0 amide bonds. The van der Waals surface area contributed by atoms with Crippen molar-refractivity contribution in [2.24, 2.45) is 0 Å². The van der Waals surface area contributed by atoms with Crippen LogP contribution in [-0.2, 0) is 0 Å². The standard InChI is InChI=1S/C39H23N3OS/c1-3-11-24(12-4-1)26-21-22-31-30(23-26)35-28(16-9-18-32(35)43-31)38-40-37(25-13-5-2-6-14-25)41-39(42-38)29-17-10-20-34-36(29)27-15-7-8-19-33(27)44-34/h1-23H. The van der Waals surface area contributed by atoms with Crippen LogP contribution in [0.2, 0.25) is 0 Å². The number of thiophene rings is 1. The van der Waals surface area contributed by atoms with Gasteiger partial charge in [-0.15, -0.1) is 11.3 Å². The Morgan fingerprint density at radius 2 is 1.05 bits per heavy atom. The van der Waals surface area contributed by atoms with Crippen molar-refractivity contribution in [3.05, 3.63) is 140 Å². The molecule has 0 aliphatic rings. The second kappa shape index (κ2) is 9.97. The van der Waals surface area contributed by atoms with Crippen LogP contribution in [0.25, 0.3) is 87.4 Å². The predicted molar refractivity (Wildman–Crippen MR) is 182 cm³/mol. The van der Waals surface area contributed by atoms with Gasteiger partial charge in [0.15, 0.2) is 17.5 Å². The van der Waals surface area contributed by atoms with Gasteiger partial charge in [-0.2, -0.15) is 0 Å². The van der Waals surface area contributed by atoms with Gasteiger partial charge in [0.25, 0.3) is 0 Å². The summed E-state index contributed by atoms with van der Waals surface area (Å²) in [5, 5.41) is 4.41. The van der Waals surface area contributed by atoms with Crippen LogP contribution in [0.15, 0.2) is 144 Å². The third-order valence-corrected chi connectivity index (χ3v) is 9.29. The van der Waals surface area contributed by atoms with Crippen LogP contribution < -0.4 is 0 Å². The fourth-order valence-corrected chi connectivity index (χ4v) is 7.25. The maximum Gasteiger partial charge on any atom is 0.164 e. The molecular formula is C39H23N3OS. The fraction of sp³-hybridized carbons (Fsp3) is 0. The normalized spacial score (nSPS) is 11.6. The molecule has 0 unspecified atom stereocenters. The second-order valence-corrected chi connectivity index (χ2v) is 11.9. The summed E-state index contributed by atoms with van der Waals surface area (Å²) in [7, 11) is 0. The maximum atomic E-state index is 6.36. The SMILES string of the molecule is c1ccc(-c2ccc3oc4cccc(-c5nc(-c6ccccc6)nc(-c6cccc7sc8ccccc8c67)n5)c4c3c2)cc1. The van der Waals surface area contributed by atoms with E-state index in [9.17, 15) is 0 Å². The monoisotopic (exact) mass is 581 g/mol. The Morgan fingerprint density at radius 1 is 0.409 bits per heavy atom. The molecule has 0 saturated carbocycles. The minimum Gasteiger partial charge on any atom is -0.456 e. The van der Waals surface area contributed by atoms with Crippen LogP contribution in [0, 0.1) is 0 Å². The molecule has 0 N–H and O–H groups in total. The molecule has 6 aromatic carbocycles. The van der Waals surface area contributed by atoms with Crippen LogP contribution >= 0.6 is 11.3 Å².